The van der Waals surface area contributed by atoms with Gasteiger partial charge < -0.3 is 9.98 Å². The molecule has 0 saturated heterocycles. The molecular formula is C20H21N7. The van der Waals surface area contributed by atoms with Gasteiger partial charge in [0.25, 0.3) is 0 Å². The van der Waals surface area contributed by atoms with Gasteiger partial charge in [-0.2, -0.15) is 5.26 Å². The maximum absolute atomic E-state index is 9.17. The number of fused-ring (bicyclic) bond motifs is 1. The monoisotopic (exact) mass is 359 g/mol. The lowest BCUT2D eigenvalue weighted by Crippen LogP contribution is -2.09. The summed E-state index contributed by atoms with van der Waals surface area (Å²) in [5, 5.41) is 16.9. The van der Waals surface area contributed by atoms with Crippen molar-refractivity contribution >= 4 is 18.1 Å². The maximum Gasteiger partial charge on any atom is 0.147 e. The number of nitrogens with zero attached hydrogens (tertiary/aromatic N) is 6. The van der Waals surface area contributed by atoms with E-state index < -0.39 is 0 Å². The van der Waals surface area contributed by atoms with E-state index in [0.717, 1.165) is 22.7 Å². The van der Waals surface area contributed by atoms with Gasteiger partial charge in [-0.3, -0.25) is 9.39 Å². The molecule has 136 valence electrons. The Hall–Kier alpha value is -3.27. The molecule has 1 fully saturated rings. The molecule has 4 rings (SSSR count). The molecule has 0 spiro atoms. The van der Waals surface area contributed by atoms with E-state index in [1.807, 2.05) is 28.9 Å². The van der Waals surface area contributed by atoms with Gasteiger partial charge >= 0.3 is 0 Å². The highest BCUT2D eigenvalue weighted by molar-refractivity contribution is 5.88. The summed E-state index contributed by atoms with van der Waals surface area (Å²) in [6, 6.07) is 6.47. The molecule has 7 heteroatoms. The molecule has 0 aliphatic heterocycles. The van der Waals surface area contributed by atoms with Crippen molar-refractivity contribution in [3.05, 3.63) is 42.6 Å². The number of imidazole rings is 1. The van der Waals surface area contributed by atoms with Crippen molar-refractivity contribution in [2.24, 2.45) is 10.9 Å². The van der Waals surface area contributed by atoms with Gasteiger partial charge in [-0.25, -0.2) is 9.97 Å². The lowest BCUT2D eigenvalue weighted by Gasteiger charge is -2.14. The van der Waals surface area contributed by atoms with Crippen LogP contribution in [0.2, 0.25) is 0 Å². The van der Waals surface area contributed by atoms with Crippen molar-refractivity contribution in [2.75, 3.05) is 7.05 Å². The van der Waals surface area contributed by atoms with Gasteiger partial charge in [0.15, 0.2) is 0 Å². The number of hydrogen-bond donors (Lipinski definition) is 1. The van der Waals surface area contributed by atoms with Gasteiger partial charge in [-0.1, -0.05) is 0 Å². The quantitative estimate of drug-likeness (QED) is 0.654. The van der Waals surface area contributed by atoms with Gasteiger partial charge in [0.2, 0.25) is 0 Å². The first kappa shape index (κ1) is 17.2. The molecule has 0 aromatic carbocycles. The summed E-state index contributed by atoms with van der Waals surface area (Å²) >= 11 is 0. The average molecular weight is 359 g/mol. The Balaban J connectivity index is 1.78. The van der Waals surface area contributed by atoms with Crippen LogP contribution in [0.25, 0.3) is 17.0 Å². The van der Waals surface area contributed by atoms with Crippen molar-refractivity contribution < 1.29 is 0 Å². The molecule has 1 saturated carbocycles. The van der Waals surface area contributed by atoms with Crippen LogP contribution in [0.5, 0.6) is 0 Å². The summed E-state index contributed by atoms with van der Waals surface area (Å²) in [5.74, 6) is 1.09. The molecule has 1 aliphatic rings. The second-order valence-corrected chi connectivity index (χ2v) is 6.87. The fraction of sp³-hybridized carbons (Fsp3) is 0.350. The molecule has 3 heterocycles. The average Bonchev–Trinajstić information content (AvgIpc) is 3.20. The van der Waals surface area contributed by atoms with Crippen LogP contribution in [-0.2, 0) is 0 Å². The molecule has 0 radical (unpaired) electrons. The van der Waals surface area contributed by atoms with E-state index in [9.17, 15) is 0 Å². The SMILES string of the molecule is CN=CC(C=N)c1cc2nccn2c(-c2ccn(C(CC#N)C3CC3)c2)n1. The third kappa shape index (κ3) is 3.26. The molecule has 1 aliphatic carbocycles. The molecule has 0 bridgehead atoms. The largest absolute Gasteiger partial charge is 0.349 e. The first-order valence-corrected chi connectivity index (χ1v) is 9.07. The Morgan fingerprint density at radius 2 is 2.30 bits per heavy atom. The van der Waals surface area contributed by atoms with Crippen LogP contribution < -0.4 is 0 Å². The second-order valence-electron chi connectivity index (χ2n) is 6.87. The Labute approximate surface area is 157 Å². The zero-order valence-electron chi connectivity index (χ0n) is 15.2. The van der Waals surface area contributed by atoms with Crippen molar-refractivity contribution in [3.8, 4) is 17.5 Å². The van der Waals surface area contributed by atoms with Gasteiger partial charge in [-0.05, 0) is 24.8 Å². The van der Waals surface area contributed by atoms with Crippen LogP contribution in [0.1, 0.15) is 36.9 Å². The fourth-order valence-corrected chi connectivity index (χ4v) is 3.52. The number of nitrogens with one attached hydrogen (secondary N) is 1. The first-order chi connectivity index (χ1) is 13.2. The summed E-state index contributed by atoms with van der Waals surface area (Å²) in [7, 11) is 1.69. The van der Waals surface area contributed by atoms with Crippen LogP contribution in [0.15, 0.2) is 41.9 Å². The standard InChI is InChI=1S/C20H21N7/c1-23-12-16(11-22)17-10-19-24-7-9-27(19)20(25-17)15-5-8-26(13-15)18(4-6-21)14-2-3-14/h5,7-14,16,18,22H,2-4H2,1H3. The van der Waals surface area contributed by atoms with Crippen molar-refractivity contribution in [2.45, 2.75) is 31.2 Å². The van der Waals surface area contributed by atoms with E-state index in [0.29, 0.717) is 12.3 Å². The lowest BCUT2D eigenvalue weighted by atomic mass is 10.1. The summed E-state index contributed by atoms with van der Waals surface area (Å²) in [5.41, 5.74) is 2.50. The van der Waals surface area contributed by atoms with Crippen molar-refractivity contribution in [1.82, 2.24) is 18.9 Å². The van der Waals surface area contributed by atoms with Crippen LogP contribution in [0.3, 0.4) is 0 Å². The van der Waals surface area contributed by atoms with Crippen molar-refractivity contribution in [1.29, 1.82) is 10.7 Å². The van der Waals surface area contributed by atoms with Gasteiger partial charge in [0.1, 0.15) is 11.5 Å². The number of hydrogen-bond acceptors (Lipinski definition) is 5. The number of aliphatic imine (C=N–C) groups is 1. The molecule has 1 N–H and O–H groups in total. The van der Waals surface area contributed by atoms with Gasteiger partial charge in [0.05, 0.1) is 24.1 Å². The van der Waals surface area contributed by atoms with Gasteiger partial charge in [-0.15, -0.1) is 0 Å². The molecule has 0 amide bonds. The highest BCUT2D eigenvalue weighted by atomic mass is 15.1. The Bertz CT molecular complexity index is 1030. The van der Waals surface area contributed by atoms with E-state index >= 15 is 0 Å². The van der Waals surface area contributed by atoms with Crippen LogP contribution in [0.4, 0.5) is 0 Å². The van der Waals surface area contributed by atoms with Crippen LogP contribution in [-0.4, -0.2) is 38.4 Å². The summed E-state index contributed by atoms with van der Waals surface area (Å²) in [4.78, 5) is 13.3. The summed E-state index contributed by atoms with van der Waals surface area (Å²) in [6.45, 7) is 0. The molecule has 3 aromatic heterocycles. The van der Waals surface area contributed by atoms with Crippen LogP contribution in [0, 0.1) is 22.7 Å². The third-order valence-corrected chi connectivity index (χ3v) is 5.06. The second kappa shape index (κ2) is 7.16. The zero-order chi connectivity index (χ0) is 18.8. The smallest absolute Gasteiger partial charge is 0.147 e. The summed E-state index contributed by atoms with van der Waals surface area (Å²) in [6.07, 6.45) is 13.7. The van der Waals surface area contributed by atoms with Gasteiger partial charge in [0, 0.05) is 61.9 Å². The van der Waals surface area contributed by atoms with E-state index in [2.05, 4.69) is 26.8 Å². The highest BCUT2D eigenvalue weighted by Gasteiger charge is 2.32. The number of rotatable bonds is 7. The summed E-state index contributed by atoms with van der Waals surface area (Å²) < 4.78 is 4.10. The molecule has 27 heavy (non-hydrogen) atoms. The maximum atomic E-state index is 9.17. The lowest BCUT2D eigenvalue weighted by molar-refractivity contribution is 0.455. The highest BCUT2D eigenvalue weighted by Crippen LogP contribution is 2.42. The minimum Gasteiger partial charge on any atom is -0.349 e. The molecule has 2 atom stereocenters. The predicted octanol–water partition coefficient (Wildman–Crippen LogP) is 3.50. The normalized spacial score (nSPS) is 16.4. The Morgan fingerprint density at radius 3 is 3.00 bits per heavy atom. The fourth-order valence-electron chi connectivity index (χ4n) is 3.52. The Morgan fingerprint density at radius 1 is 1.44 bits per heavy atom. The van der Waals surface area contributed by atoms with Crippen molar-refractivity contribution in [3.63, 3.8) is 0 Å². The number of aromatic nitrogens is 4. The van der Waals surface area contributed by atoms with E-state index in [1.165, 1.54) is 19.1 Å². The Kier molecular flexibility index (Phi) is 4.55. The molecule has 2 unspecified atom stereocenters. The molecule has 7 nitrogen and oxygen atoms in total. The topological polar surface area (TPSA) is 95.1 Å². The molecular weight excluding hydrogens is 338 g/mol. The minimum atomic E-state index is -0.282. The van der Waals surface area contributed by atoms with E-state index in [1.54, 1.807) is 19.5 Å². The predicted molar refractivity (Wildman–Crippen MR) is 104 cm³/mol. The number of nitriles is 1. The first-order valence-electron chi connectivity index (χ1n) is 9.07. The molecule has 3 aromatic rings. The van der Waals surface area contributed by atoms with Crippen LogP contribution >= 0.6 is 0 Å². The van der Waals surface area contributed by atoms with E-state index in [4.69, 9.17) is 15.7 Å². The third-order valence-electron chi connectivity index (χ3n) is 5.06. The minimum absolute atomic E-state index is 0.228. The zero-order valence-corrected chi connectivity index (χ0v) is 15.2. The van der Waals surface area contributed by atoms with E-state index in [-0.39, 0.29) is 12.0 Å².